The molecule has 1 aliphatic rings. The molecule has 0 radical (unpaired) electrons. The summed E-state index contributed by atoms with van der Waals surface area (Å²) >= 11 is 1.06. The Kier molecular flexibility index (Phi) is 8.31. The van der Waals surface area contributed by atoms with Crippen molar-refractivity contribution in [2.24, 2.45) is 4.99 Å². The molecule has 2 aromatic rings. The number of thioether (sulfide) groups is 1. The van der Waals surface area contributed by atoms with Gasteiger partial charge in [0.25, 0.3) is 5.91 Å². The topological polar surface area (TPSA) is 104 Å². The van der Waals surface area contributed by atoms with Gasteiger partial charge in [-0.1, -0.05) is 6.07 Å². The van der Waals surface area contributed by atoms with Crippen molar-refractivity contribution < 1.29 is 33.3 Å². The minimum absolute atomic E-state index is 0.185. The highest BCUT2D eigenvalue weighted by Crippen LogP contribution is 2.35. The molecule has 1 heterocycles. The average molecular weight is 485 g/mol. The van der Waals surface area contributed by atoms with Gasteiger partial charge in [-0.2, -0.15) is 0 Å². The molecule has 10 heteroatoms. The molecule has 1 aliphatic heterocycles. The number of methoxy groups -OCH3 is 3. The lowest BCUT2D eigenvalue weighted by Gasteiger charge is -2.17. The molecule has 34 heavy (non-hydrogen) atoms. The van der Waals surface area contributed by atoms with Gasteiger partial charge in [0.1, 0.15) is 0 Å². The molecular formula is C24H24N2O7S. The highest BCUT2D eigenvalue weighted by atomic mass is 32.2. The third-order valence-electron chi connectivity index (χ3n) is 4.73. The van der Waals surface area contributed by atoms with Crippen molar-refractivity contribution >= 4 is 40.5 Å². The van der Waals surface area contributed by atoms with Gasteiger partial charge in [-0.3, -0.25) is 9.69 Å². The molecule has 0 N–H and O–H groups in total. The van der Waals surface area contributed by atoms with E-state index in [1.54, 1.807) is 50.4 Å². The Morgan fingerprint density at radius 3 is 2.35 bits per heavy atom. The third-order valence-corrected chi connectivity index (χ3v) is 5.74. The van der Waals surface area contributed by atoms with E-state index in [9.17, 15) is 14.4 Å². The molecule has 178 valence electrons. The number of benzene rings is 2. The number of nitrogens with zero attached hydrogens (tertiary/aromatic N) is 2. The molecule has 2 aromatic carbocycles. The summed E-state index contributed by atoms with van der Waals surface area (Å²) in [4.78, 5) is 42.9. The van der Waals surface area contributed by atoms with Gasteiger partial charge in [0.2, 0.25) is 0 Å². The minimum Gasteiger partial charge on any atom is -0.493 e. The molecule has 0 aliphatic carbocycles. The SMILES string of the molecule is CCOC(=O)c1ccc(N=C2SC(=CC(=O)OC)C(=O)N2Cc2ccc(OC)c(OC)c2)cc1. The van der Waals surface area contributed by atoms with Gasteiger partial charge in [-0.15, -0.1) is 0 Å². The van der Waals surface area contributed by atoms with E-state index in [4.69, 9.17) is 14.2 Å². The highest BCUT2D eigenvalue weighted by molar-refractivity contribution is 8.18. The molecule has 0 aromatic heterocycles. The van der Waals surface area contributed by atoms with Crippen LogP contribution in [0.2, 0.25) is 0 Å². The molecule has 0 atom stereocenters. The predicted octanol–water partition coefficient (Wildman–Crippen LogP) is 3.70. The van der Waals surface area contributed by atoms with Crippen LogP contribution in [-0.2, 0) is 25.6 Å². The number of ether oxygens (including phenoxy) is 4. The Bertz CT molecular complexity index is 1140. The van der Waals surface area contributed by atoms with Crippen LogP contribution in [0.1, 0.15) is 22.8 Å². The van der Waals surface area contributed by atoms with Gasteiger partial charge in [0.15, 0.2) is 16.7 Å². The van der Waals surface area contributed by atoms with E-state index < -0.39 is 11.9 Å². The third kappa shape index (κ3) is 5.76. The molecule has 0 spiro atoms. The summed E-state index contributed by atoms with van der Waals surface area (Å²) in [6.07, 6.45) is 1.14. The van der Waals surface area contributed by atoms with E-state index in [-0.39, 0.29) is 24.0 Å². The Morgan fingerprint density at radius 2 is 1.74 bits per heavy atom. The fourth-order valence-corrected chi connectivity index (χ4v) is 4.01. The highest BCUT2D eigenvalue weighted by Gasteiger charge is 2.34. The second-order valence-corrected chi connectivity index (χ2v) is 7.89. The second-order valence-electron chi connectivity index (χ2n) is 6.88. The number of hydrogen-bond acceptors (Lipinski definition) is 9. The predicted molar refractivity (Wildman–Crippen MR) is 127 cm³/mol. The van der Waals surface area contributed by atoms with Crippen molar-refractivity contribution in [3.63, 3.8) is 0 Å². The molecule has 0 unspecified atom stereocenters. The number of carbonyl (C=O) groups is 3. The van der Waals surface area contributed by atoms with Crippen molar-refractivity contribution in [1.29, 1.82) is 0 Å². The number of carbonyl (C=O) groups excluding carboxylic acids is 3. The van der Waals surface area contributed by atoms with Crippen LogP contribution in [0.25, 0.3) is 0 Å². The summed E-state index contributed by atoms with van der Waals surface area (Å²) in [7, 11) is 4.31. The fourth-order valence-electron chi connectivity index (χ4n) is 3.06. The first-order chi connectivity index (χ1) is 16.4. The summed E-state index contributed by atoms with van der Waals surface area (Å²) in [6.45, 7) is 2.20. The largest absolute Gasteiger partial charge is 0.493 e. The Morgan fingerprint density at radius 1 is 1.03 bits per heavy atom. The van der Waals surface area contributed by atoms with E-state index in [0.717, 1.165) is 23.4 Å². The van der Waals surface area contributed by atoms with Crippen LogP contribution < -0.4 is 9.47 Å². The zero-order valence-electron chi connectivity index (χ0n) is 19.2. The molecular weight excluding hydrogens is 460 g/mol. The standard InChI is InChI=1S/C24H24N2O7S/c1-5-33-23(29)16-7-9-17(10-8-16)25-24-26(22(28)20(34-24)13-21(27)32-4)14-15-6-11-18(30-2)19(12-15)31-3/h6-13H,5,14H2,1-4H3. The lowest BCUT2D eigenvalue weighted by molar-refractivity contribution is -0.135. The van der Waals surface area contributed by atoms with E-state index in [2.05, 4.69) is 9.73 Å². The maximum absolute atomic E-state index is 13.1. The zero-order valence-corrected chi connectivity index (χ0v) is 20.0. The van der Waals surface area contributed by atoms with E-state index >= 15 is 0 Å². The average Bonchev–Trinajstić information content (AvgIpc) is 3.13. The van der Waals surface area contributed by atoms with E-state index in [0.29, 0.717) is 27.9 Å². The van der Waals surface area contributed by atoms with Crippen LogP contribution in [0.15, 0.2) is 58.4 Å². The number of rotatable bonds is 8. The second kappa shape index (κ2) is 11.4. The van der Waals surface area contributed by atoms with Crippen molar-refractivity contribution in [2.75, 3.05) is 27.9 Å². The normalized spacial score (nSPS) is 15.5. The monoisotopic (exact) mass is 484 g/mol. The minimum atomic E-state index is -0.637. The lowest BCUT2D eigenvalue weighted by Crippen LogP contribution is -2.28. The van der Waals surface area contributed by atoms with Crippen LogP contribution >= 0.6 is 11.8 Å². The van der Waals surface area contributed by atoms with Gasteiger partial charge in [0.05, 0.1) is 50.6 Å². The van der Waals surface area contributed by atoms with Gasteiger partial charge >= 0.3 is 11.9 Å². The molecule has 1 saturated heterocycles. The number of amidine groups is 1. The smallest absolute Gasteiger partial charge is 0.338 e. The molecule has 0 bridgehead atoms. The van der Waals surface area contributed by atoms with Crippen molar-refractivity contribution in [3.05, 3.63) is 64.6 Å². The van der Waals surface area contributed by atoms with Gasteiger partial charge < -0.3 is 18.9 Å². The summed E-state index contributed by atoms with van der Waals surface area (Å²) in [5.74, 6) is -0.354. The molecule has 1 fully saturated rings. The van der Waals surface area contributed by atoms with Crippen molar-refractivity contribution in [1.82, 2.24) is 4.90 Å². The van der Waals surface area contributed by atoms with Crippen LogP contribution in [0.5, 0.6) is 11.5 Å². The van der Waals surface area contributed by atoms with E-state index in [1.165, 1.54) is 19.1 Å². The van der Waals surface area contributed by atoms with Crippen LogP contribution in [0.4, 0.5) is 5.69 Å². The molecule has 1 amide bonds. The van der Waals surface area contributed by atoms with Gasteiger partial charge in [-0.05, 0) is 60.6 Å². The van der Waals surface area contributed by atoms with Crippen LogP contribution in [0.3, 0.4) is 0 Å². The Labute approximate surface area is 201 Å². The van der Waals surface area contributed by atoms with Crippen molar-refractivity contribution in [3.8, 4) is 11.5 Å². The van der Waals surface area contributed by atoms with Gasteiger partial charge in [0, 0.05) is 6.08 Å². The molecule has 3 rings (SSSR count). The van der Waals surface area contributed by atoms with Crippen LogP contribution in [-0.4, -0.2) is 55.8 Å². The first-order valence-electron chi connectivity index (χ1n) is 10.3. The summed E-state index contributed by atoms with van der Waals surface area (Å²) < 4.78 is 20.3. The first kappa shape index (κ1) is 24.8. The van der Waals surface area contributed by atoms with E-state index in [1.807, 2.05) is 6.07 Å². The Hall–Kier alpha value is -3.79. The number of hydrogen-bond donors (Lipinski definition) is 0. The van der Waals surface area contributed by atoms with Crippen molar-refractivity contribution in [2.45, 2.75) is 13.5 Å². The summed E-state index contributed by atoms with van der Waals surface area (Å²) in [5, 5.41) is 0.374. The number of amides is 1. The maximum Gasteiger partial charge on any atom is 0.338 e. The molecule has 9 nitrogen and oxygen atoms in total. The maximum atomic E-state index is 13.1. The number of esters is 2. The molecule has 0 saturated carbocycles. The first-order valence-corrected chi connectivity index (χ1v) is 11.1. The van der Waals surface area contributed by atoms with Crippen LogP contribution in [0, 0.1) is 0 Å². The Balaban J connectivity index is 1.94. The zero-order chi connectivity index (χ0) is 24.7. The number of aliphatic imine (C=N–C) groups is 1. The lowest BCUT2D eigenvalue weighted by atomic mass is 10.2. The van der Waals surface area contributed by atoms with Gasteiger partial charge in [-0.25, -0.2) is 14.6 Å². The summed E-state index contributed by atoms with van der Waals surface area (Å²) in [5.41, 5.74) is 1.70. The quantitative estimate of drug-likeness (QED) is 0.413. The summed E-state index contributed by atoms with van der Waals surface area (Å²) in [6, 6.07) is 11.8. The fraction of sp³-hybridized carbons (Fsp3) is 0.250.